The van der Waals surface area contributed by atoms with E-state index in [0.29, 0.717) is 18.2 Å². The SMILES string of the molecule is C=CC(=O)NCC(c1ccc(Cl)cc1)N1CCOC(C)(C)C1. The Balaban J connectivity index is 2.18. The van der Waals surface area contributed by atoms with Crippen LogP contribution in [0.25, 0.3) is 0 Å². The Hall–Kier alpha value is -1.36. The lowest BCUT2D eigenvalue weighted by Gasteiger charge is -2.42. The van der Waals surface area contributed by atoms with E-state index < -0.39 is 0 Å². The second kappa shape index (κ2) is 7.27. The quantitative estimate of drug-likeness (QED) is 0.848. The van der Waals surface area contributed by atoms with Crippen LogP contribution in [0.1, 0.15) is 25.5 Å². The molecule has 22 heavy (non-hydrogen) atoms. The van der Waals surface area contributed by atoms with Gasteiger partial charge in [-0.05, 0) is 37.6 Å². The Morgan fingerprint density at radius 3 is 2.77 bits per heavy atom. The van der Waals surface area contributed by atoms with Gasteiger partial charge in [-0.25, -0.2) is 0 Å². The Morgan fingerprint density at radius 2 is 2.18 bits per heavy atom. The van der Waals surface area contributed by atoms with E-state index in [1.54, 1.807) is 0 Å². The highest BCUT2D eigenvalue weighted by molar-refractivity contribution is 6.30. The Kier molecular flexibility index (Phi) is 5.62. The topological polar surface area (TPSA) is 41.6 Å². The first-order valence-electron chi connectivity index (χ1n) is 7.45. The summed E-state index contributed by atoms with van der Waals surface area (Å²) in [5, 5.41) is 3.61. The average Bonchev–Trinajstić information content (AvgIpc) is 2.48. The summed E-state index contributed by atoms with van der Waals surface area (Å²) in [6.45, 7) is 10.5. The van der Waals surface area contributed by atoms with Crippen LogP contribution < -0.4 is 5.32 Å². The largest absolute Gasteiger partial charge is 0.373 e. The van der Waals surface area contributed by atoms with Crippen molar-refractivity contribution in [2.24, 2.45) is 0 Å². The molecular weight excluding hydrogens is 300 g/mol. The smallest absolute Gasteiger partial charge is 0.243 e. The van der Waals surface area contributed by atoms with Crippen molar-refractivity contribution in [1.29, 1.82) is 0 Å². The fraction of sp³-hybridized carbons (Fsp3) is 0.471. The van der Waals surface area contributed by atoms with Gasteiger partial charge < -0.3 is 10.1 Å². The van der Waals surface area contributed by atoms with E-state index in [4.69, 9.17) is 16.3 Å². The molecule has 1 aromatic rings. The molecule has 0 aromatic heterocycles. The van der Waals surface area contributed by atoms with Gasteiger partial charge in [0, 0.05) is 24.7 Å². The highest BCUT2D eigenvalue weighted by Gasteiger charge is 2.32. The van der Waals surface area contributed by atoms with Crippen molar-refractivity contribution in [3.8, 4) is 0 Å². The fourth-order valence-corrected chi connectivity index (χ4v) is 2.86. The zero-order valence-corrected chi connectivity index (χ0v) is 13.9. The number of hydrogen-bond donors (Lipinski definition) is 1. The van der Waals surface area contributed by atoms with Crippen LogP contribution in [0.5, 0.6) is 0 Å². The third-order valence-electron chi connectivity index (χ3n) is 3.81. The summed E-state index contributed by atoms with van der Waals surface area (Å²) < 4.78 is 5.78. The Labute approximate surface area is 137 Å². The third kappa shape index (κ3) is 4.57. The molecule has 1 saturated heterocycles. The number of ether oxygens (including phenoxy) is 1. The second-order valence-corrected chi connectivity index (χ2v) is 6.53. The lowest BCUT2D eigenvalue weighted by atomic mass is 10.0. The summed E-state index contributed by atoms with van der Waals surface area (Å²) in [7, 11) is 0. The minimum atomic E-state index is -0.189. The number of rotatable bonds is 5. The number of nitrogens with zero attached hydrogens (tertiary/aromatic N) is 1. The maximum absolute atomic E-state index is 11.5. The molecule has 1 aromatic carbocycles. The molecule has 1 amide bonds. The van der Waals surface area contributed by atoms with Gasteiger partial charge in [-0.2, -0.15) is 0 Å². The van der Waals surface area contributed by atoms with Crippen molar-refractivity contribution >= 4 is 17.5 Å². The molecule has 5 heteroatoms. The molecule has 4 nitrogen and oxygen atoms in total. The van der Waals surface area contributed by atoms with Crippen LogP contribution in [0.3, 0.4) is 0 Å². The Bertz CT molecular complexity index is 528. The first-order chi connectivity index (χ1) is 10.4. The standard InChI is InChI=1S/C17H23ClN2O2/c1-4-16(21)19-11-15(13-5-7-14(18)8-6-13)20-9-10-22-17(2,3)12-20/h4-8,15H,1,9-12H2,2-3H3,(H,19,21). The predicted molar refractivity (Wildman–Crippen MR) is 89.0 cm³/mol. The predicted octanol–water partition coefficient (Wildman–Crippen LogP) is 2.79. The normalized spacial score (nSPS) is 19.4. The lowest BCUT2D eigenvalue weighted by molar-refractivity contribution is -0.117. The summed E-state index contributed by atoms with van der Waals surface area (Å²) in [5.74, 6) is -0.161. The van der Waals surface area contributed by atoms with Gasteiger partial charge in [0.05, 0.1) is 18.2 Å². The number of benzene rings is 1. The van der Waals surface area contributed by atoms with E-state index in [1.807, 2.05) is 24.3 Å². The molecule has 0 radical (unpaired) electrons. The minimum absolute atomic E-state index is 0.0874. The van der Waals surface area contributed by atoms with Gasteiger partial charge in [0.1, 0.15) is 0 Å². The molecule has 1 fully saturated rings. The second-order valence-electron chi connectivity index (χ2n) is 6.10. The van der Waals surface area contributed by atoms with E-state index in [1.165, 1.54) is 6.08 Å². The number of amides is 1. The lowest BCUT2D eigenvalue weighted by Crippen LogP contribution is -2.51. The van der Waals surface area contributed by atoms with Crippen molar-refractivity contribution in [1.82, 2.24) is 10.2 Å². The summed E-state index contributed by atoms with van der Waals surface area (Å²) in [6.07, 6.45) is 1.29. The third-order valence-corrected chi connectivity index (χ3v) is 4.06. The molecule has 0 bridgehead atoms. The van der Waals surface area contributed by atoms with Crippen LogP contribution >= 0.6 is 11.6 Å². The summed E-state index contributed by atoms with van der Waals surface area (Å²) in [4.78, 5) is 13.9. The van der Waals surface area contributed by atoms with Crippen LogP contribution in [0, 0.1) is 0 Å². The van der Waals surface area contributed by atoms with E-state index in [0.717, 1.165) is 18.7 Å². The number of hydrogen-bond acceptors (Lipinski definition) is 3. The molecule has 120 valence electrons. The van der Waals surface area contributed by atoms with Gasteiger partial charge in [-0.3, -0.25) is 9.69 Å². The van der Waals surface area contributed by atoms with Crippen molar-refractivity contribution in [3.05, 3.63) is 47.5 Å². The highest BCUT2D eigenvalue weighted by atomic mass is 35.5. The van der Waals surface area contributed by atoms with Crippen LogP contribution in [0.15, 0.2) is 36.9 Å². The van der Waals surface area contributed by atoms with Gasteiger partial charge >= 0.3 is 0 Å². The fourth-order valence-electron chi connectivity index (χ4n) is 2.73. The van der Waals surface area contributed by atoms with E-state index >= 15 is 0 Å². The first-order valence-corrected chi connectivity index (χ1v) is 7.83. The highest BCUT2D eigenvalue weighted by Crippen LogP contribution is 2.27. The molecule has 1 heterocycles. The maximum atomic E-state index is 11.5. The van der Waals surface area contributed by atoms with Crippen LogP contribution in [-0.4, -0.2) is 42.6 Å². The maximum Gasteiger partial charge on any atom is 0.243 e. The molecule has 1 atom stereocenters. The summed E-state index contributed by atoms with van der Waals surface area (Å²) >= 11 is 5.98. The molecule has 0 aliphatic carbocycles. The molecule has 1 unspecified atom stereocenters. The number of halogens is 1. The van der Waals surface area contributed by atoms with Crippen molar-refractivity contribution in [2.75, 3.05) is 26.2 Å². The first kappa shape index (κ1) is 17.0. The molecule has 0 spiro atoms. The van der Waals surface area contributed by atoms with Gasteiger partial charge in [0.15, 0.2) is 0 Å². The van der Waals surface area contributed by atoms with Gasteiger partial charge in [0.2, 0.25) is 5.91 Å². The van der Waals surface area contributed by atoms with Crippen LogP contribution in [-0.2, 0) is 9.53 Å². The van der Waals surface area contributed by atoms with Crippen LogP contribution in [0.4, 0.5) is 0 Å². The molecule has 0 saturated carbocycles. The van der Waals surface area contributed by atoms with Crippen LogP contribution in [0.2, 0.25) is 5.02 Å². The van der Waals surface area contributed by atoms with E-state index in [-0.39, 0.29) is 17.6 Å². The Morgan fingerprint density at radius 1 is 1.50 bits per heavy atom. The minimum Gasteiger partial charge on any atom is -0.373 e. The zero-order valence-electron chi connectivity index (χ0n) is 13.1. The van der Waals surface area contributed by atoms with Crippen molar-refractivity contribution in [3.63, 3.8) is 0 Å². The molecule has 1 aliphatic rings. The molecule has 1 aliphatic heterocycles. The molecule has 2 rings (SSSR count). The summed E-state index contributed by atoms with van der Waals surface area (Å²) in [6, 6.07) is 7.87. The average molecular weight is 323 g/mol. The number of carbonyl (C=O) groups excluding carboxylic acids is 1. The number of carbonyl (C=O) groups is 1. The van der Waals surface area contributed by atoms with E-state index in [2.05, 4.69) is 30.6 Å². The van der Waals surface area contributed by atoms with E-state index in [9.17, 15) is 4.79 Å². The van der Waals surface area contributed by atoms with Gasteiger partial charge in [-0.15, -0.1) is 0 Å². The molecular formula is C17H23ClN2O2. The van der Waals surface area contributed by atoms with Gasteiger partial charge in [-0.1, -0.05) is 30.3 Å². The van der Waals surface area contributed by atoms with Gasteiger partial charge in [0.25, 0.3) is 0 Å². The number of nitrogens with one attached hydrogen (secondary N) is 1. The zero-order chi connectivity index (χ0) is 16.2. The monoisotopic (exact) mass is 322 g/mol. The number of morpholine rings is 1. The summed E-state index contributed by atoms with van der Waals surface area (Å²) in [5.41, 5.74) is 0.942. The molecule has 1 N–H and O–H groups in total. The van der Waals surface area contributed by atoms with Crippen molar-refractivity contribution < 1.29 is 9.53 Å². The van der Waals surface area contributed by atoms with Crippen molar-refractivity contribution in [2.45, 2.75) is 25.5 Å².